The van der Waals surface area contributed by atoms with Gasteiger partial charge in [-0.2, -0.15) is 0 Å². The van der Waals surface area contributed by atoms with E-state index >= 15 is 0 Å². The van der Waals surface area contributed by atoms with Gasteiger partial charge >= 0.3 is 0 Å². The van der Waals surface area contributed by atoms with E-state index in [1.807, 2.05) is 17.1 Å². The summed E-state index contributed by atoms with van der Waals surface area (Å²) in [6, 6.07) is 0.00658. The lowest BCUT2D eigenvalue weighted by Gasteiger charge is -2.32. The molecule has 94 valence electrons. The Labute approximate surface area is 101 Å². The molecule has 1 saturated heterocycles. The van der Waals surface area contributed by atoms with E-state index in [-0.39, 0.29) is 29.7 Å². The van der Waals surface area contributed by atoms with Gasteiger partial charge in [-0.15, -0.1) is 0 Å². The van der Waals surface area contributed by atoms with E-state index in [9.17, 15) is 9.59 Å². The molecule has 1 heterocycles. The van der Waals surface area contributed by atoms with Gasteiger partial charge in [-0.05, 0) is 19.3 Å². The van der Waals surface area contributed by atoms with Crippen LogP contribution in [-0.2, 0) is 9.59 Å². The van der Waals surface area contributed by atoms with Crippen LogP contribution in [0.2, 0.25) is 0 Å². The zero-order chi connectivity index (χ0) is 12.4. The Morgan fingerprint density at radius 3 is 2.29 bits per heavy atom. The minimum Gasteiger partial charge on any atom is -0.369 e. The lowest BCUT2D eigenvalue weighted by molar-refractivity contribution is -0.137. The minimum absolute atomic E-state index is 0.00658. The summed E-state index contributed by atoms with van der Waals surface area (Å²) in [5, 5.41) is 0. The highest BCUT2D eigenvalue weighted by Gasteiger charge is 2.31. The monoisotopic (exact) mass is 237 g/mol. The molecule has 1 aliphatic carbocycles. The Hall–Kier alpha value is -1.36. The van der Waals surface area contributed by atoms with E-state index in [4.69, 9.17) is 11.5 Å². The first-order chi connectivity index (χ1) is 8.08. The maximum absolute atomic E-state index is 12.1. The topological polar surface area (TPSA) is 89.4 Å². The van der Waals surface area contributed by atoms with Crippen molar-refractivity contribution in [1.82, 2.24) is 4.90 Å². The standard InChI is InChI=1S/C12H19N3O2/c13-10-2-1-9(7-10)12(17)15-5-3-8(4-6-15)11(14)16/h1-2,8-10H,3-7,13H2,(H2,14,16). The van der Waals surface area contributed by atoms with Gasteiger partial charge in [0.25, 0.3) is 0 Å². The second kappa shape index (κ2) is 4.87. The molecule has 2 unspecified atom stereocenters. The third-order valence-electron chi connectivity index (χ3n) is 3.64. The molecule has 2 amide bonds. The van der Waals surface area contributed by atoms with Crippen LogP contribution in [0, 0.1) is 11.8 Å². The molecular weight excluding hydrogens is 218 g/mol. The maximum Gasteiger partial charge on any atom is 0.229 e. The summed E-state index contributed by atoms with van der Waals surface area (Å²) in [4.78, 5) is 25.0. The van der Waals surface area contributed by atoms with Gasteiger partial charge in [0.15, 0.2) is 0 Å². The number of nitrogens with zero attached hydrogens (tertiary/aromatic N) is 1. The van der Waals surface area contributed by atoms with Crippen LogP contribution >= 0.6 is 0 Å². The second-order valence-electron chi connectivity index (χ2n) is 4.89. The van der Waals surface area contributed by atoms with Gasteiger partial charge < -0.3 is 16.4 Å². The van der Waals surface area contributed by atoms with Crippen LogP contribution in [0.3, 0.4) is 0 Å². The molecule has 0 saturated carbocycles. The molecule has 2 rings (SSSR count). The predicted molar refractivity (Wildman–Crippen MR) is 63.7 cm³/mol. The van der Waals surface area contributed by atoms with Crippen molar-refractivity contribution in [3.8, 4) is 0 Å². The van der Waals surface area contributed by atoms with E-state index in [0.717, 1.165) is 0 Å². The first-order valence-electron chi connectivity index (χ1n) is 6.10. The molecule has 0 spiro atoms. The first-order valence-corrected chi connectivity index (χ1v) is 6.10. The average molecular weight is 237 g/mol. The Morgan fingerprint density at radius 2 is 1.82 bits per heavy atom. The van der Waals surface area contributed by atoms with Gasteiger partial charge in [-0.1, -0.05) is 12.2 Å². The lowest BCUT2D eigenvalue weighted by atomic mass is 9.95. The fourth-order valence-electron chi connectivity index (χ4n) is 2.53. The number of hydrogen-bond acceptors (Lipinski definition) is 3. The zero-order valence-corrected chi connectivity index (χ0v) is 9.84. The van der Waals surface area contributed by atoms with Crippen LogP contribution in [0.1, 0.15) is 19.3 Å². The Bertz CT molecular complexity index is 346. The van der Waals surface area contributed by atoms with Gasteiger partial charge in [0.2, 0.25) is 11.8 Å². The maximum atomic E-state index is 12.1. The lowest BCUT2D eigenvalue weighted by Crippen LogP contribution is -2.44. The highest BCUT2D eigenvalue weighted by atomic mass is 16.2. The molecule has 2 atom stereocenters. The van der Waals surface area contributed by atoms with Crippen molar-refractivity contribution in [2.24, 2.45) is 23.3 Å². The number of primary amides is 1. The fourth-order valence-corrected chi connectivity index (χ4v) is 2.53. The summed E-state index contributed by atoms with van der Waals surface area (Å²) in [6.45, 7) is 1.26. The van der Waals surface area contributed by atoms with Gasteiger partial charge in [0.05, 0.1) is 5.92 Å². The van der Waals surface area contributed by atoms with Crippen LogP contribution in [0.25, 0.3) is 0 Å². The molecule has 4 N–H and O–H groups in total. The summed E-state index contributed by atoms with van der Waals surface area (Å²) in [7, 11) is 0. The summed E-state index contributed by atoms with van der Waals surface area (Å²) >= 11 is 0. The normalized spacial score (nSPS) is 29.6. The highest BCUT2D eigenvalue weighted by Crippen LogP contribution is 2.23. The molecule has 2 aliphatic rings. The molecule has 0 radical (unpaired) electrons. The number of nitrogens with two attached hydrogens (primary N) is 2. The Morgan fingerprint density at radius 1 is 1.18 bits per heavy atom. The number of hydrogen-bond donors (Lipinski definition) is 2. The van der Waals surface area contributed by atoms with Gasteiger partial charge in [-0.25, -0.2) is 0 Å². The second-order valence-corrected chi connectivity index (χ2v) is 4.89. The molecule has 0 aromatic carbocycles. The number of amides is 2. The van der Waals surface area contributed by atoms with Crippen molar-refractivity contribution in [3.05, 3.63) is 12.2 Å². The van der Waals surface area contributed by atoms with Crippen molar-refractivity contribution in [1.29, 1.82) is 0 Å². The summed E-state index contributed by atoms with van der Waals surface area (Å²) in [6.07, 6.45) is 5.85. The Kier molecular flexibility index (Phi) is 3.47. The average Bonchev–Trinajstić information content (AvgIpc) is 2.75. The molecule has 1 fully saturated rings. The number of likely N-dealkylation sites (tertiary alicyclic amines) is 1. The molecule has 0 aromatic heterocycles. The molecule has 1 aliphatic heterocycles. The number of rotatable bonds is 2. The molecule has 5 nitrogen and oxygen atoms in total. The number of carbonyl (C=O) groups is 2. The highest BCUT2D eigenvalue weighted by molar-refractivity contribution is 5.82. The fraction of sp³-hybridized carbons (Fsp3) is 0.667. The van der Waals surface area contributed by atoms with Crippen molar-refractivity contribution in [3.63, 3.8) is 0 Å². The third kappa shape index (κ3) is 2.66. The molecule has 5 heteroatoms. The SMILES string of the molecule is NC(=O)C1CCN(C(=O)C2C=CC(N)C2)CC1. The first kappa shape index (κ1) is 12.1. The smallest absolute Gasteiger partial charge is 0.229 e. The van der Waals surface area contributed by atoms with E-state index in [0.29, 0.717) is 32.4 Å². The summed E-state index contributed by atoms with van der Waals surface area (Å²) in [5.41, 5.74) is 11.0. The third-order valence-corrected chi connectivity index (χ3v) is 3.64. The van der Waals surface area contributed by atoms with Crippen molar-refractivity contribution < 1.29 is 9.59 Å². The van der Waals surface area contributed by atoms with E-state index < -0.39 is 0 Å². The van der Waals surface area contributed by atoms with Crippen LogP contribution in [0.15, 0.2) is 12.2 Å². The van der Waals surface area contributed by atoms with Crippen LogP contribution in [0.5, 0.6) is 0 Å². The summed E-state index contributed by atoms with van der Waals surface area (Å²) < 4.78 is 0. The quantitative estimate of drug-likeness (QED) is 0.641. The summed E-state index contributed by atoms with van der Waals surface area (Å²) in [5.74, 6) is -0.257. The Balaban J connectivity index is 1.86. The van der Waals surface area contributed by atoms with E-state index in [1.54, 1.807) is 0 Å². The van der Waals surface area contributed by atoms with E-state index in [1.165, 1.54) is 0 Å². The van der Waals surface area contributed by atoms with Crippen molar-refractivity contribution in [2.75, 3.05) is 13.1 Å². The van der Waals surface area contributed by atoms with Gasteiger partial charge in [0, 0.05) is 25.0 Å². The largest absolute Gasteiger partial charge is 0.369 e. The van der Waals surface area contributed by atoms with Crippen molar-refractivity contribution in [2.45, 2.75) is 25.3 Å². The van der Waals surface area contributed by atoms with Crippen LogP contribution in [0.4, 0.5) is 0 Å². The van der Waals surface area contributed by atoms with Gasteiger partial charge in [-0.3, -0.25) is 9.59 Å². The van der Waals surface area contributed by atoms with Crippen LogP contribution < -0.4 is 11.5 Å². The van der Waals surface area contributed by atoms with Crippen LogP contribution in [-0.4, -0.2) is 35.8 Å². The van der Waals surface area contributed by atoms with Gasteiger partial charge in [0.1, 0.15) is 0 Å². The van der Waals surface area contributed by atoms with E-state index in [2.05, 4.69) is 0 Å². The number of piperidine rings is 1. The molecular formula is C12H19N3O2. The number of carbonyl (C=O) groups excluding carboxylic acids is 2. The van der Waals surface area contributed by atoms with Crippen molar-refractivity contribution >= 4 is 11.8 Å². The molecule has 0 aromatic rings. The predicted octanol–water partition coefficient (Wildman–Crippen LogP) is -0.386. The zero-order valence-electron chi connectivity index (χ0n) is 9.84. The minimum atomic E-state index is -0.250. The molecule has 0 bridgehead atoms. The molecule has 17 heavy (non-hydrogen) atoms.